The molecule has 0 aliphatic rings. The maximum atomic E-state index is 4.40. The summed E-state index contributed by atoms with van der Waals surface area (Å²) in [6, 6.07) is 3.77. The summed E-state index contributed by atoms with van der Waals surface area (Å²) < 4.78 is 1.74. The Labute approximate surface area is 73.9 Å². The molecule has 0 saturated heterocycles. The van der Waals surface area contributed by atoms with Gasteiger partial charge in [0, 0.05) is 30.0 Å². The lowest BCUT2D eigenvalue weighted by molar-refractivity contribution is 0.952. The summed E-state index contributed by atoms with van der Waals surface area (Å²) in [5.41, 5.74) is 1.81. The molecule has 0 aliphatic heterocycles. The maximum absolute atomic E-state index is 4.40. The Hall–Kier alpha value is -1.97. The number of pyridine rings is 1. The molecule has 13 heavy (non-hydrogen) atoms. The van der Waals surface area contributed by atoms with Gasteiger partial charge in [-0.15, -0.1) is 0 Å². The van der Waals surface area contributed by atoms with E-state index in [1.54, 1.807) is 23.1 Å². The third-order valence-electron chi connectivity index (χ3n) is 1.97. The van der Waals surface area contributed by atoms with Gasteiger partial charge in [-0.1, -0.05) is 0 Å². The first kappa shape index (κ1) is 6.54. The van der Waals surface area contributed by atoms with Crippen LogP contribution in [0.3, 0.4) is 0 Å². The second kappa shape index (κ2) is 2.26. The summed E-state index contributed by atoms with van der Waals surface area (Å²) in [4.78, 5) is 8.42. The summed E-state index contributed by atoms with van der Waals surface area (Å²) in [5, 5.41) is 5.09. The van der Waals surface area contributed by atoms with E-state index in [1.807, 2.05) is 18.3 Å². The van der Waals surface area contributed by atoms with Crippen molar-refractivity contribution in [2.45, 2.75) is 0 Å². The zero-order valence-electron chi connectivity index (χ0n) is 6.75. The summed E-state index contributed by atoms with van der Waals surface area (Å²) >= 11 is 0. The lowest BCUT2D eigenvalue weighted by Gasteiger charge is -1.96. The van der Waals surface area contributed by atoms with Crippen LogP contribution >= 0.6 is 0 Å². The zero-order valence-corrected chi connectivity index (χ0v) is 6.75. The van der Waals surface area contributed by atoms with E-state index in [9.17, 15) is 0 Å². The highest BCUT2D eigenvalue weighted by molar-refractivity contribution is 5.78. The van der Waals surface area contributed by atoms with E-state index in [0.717, 1.165) is 16.6 Å². The maximum Gasteiger partial charge on any atom is 0.155 e. The van der Waals surface area contributed by atoms with Gasteiger partial charge in [0.25, 0.3) is 0 Å². The lowest BCUT2D eigenvalue weighted by atomic mass is 10.3. The third-order valence-corrected chi connectivity index (χ3v) is 1.97. The van der Waals surface area contributed by atoms with Crippen LogP contribution in [0.25, 0.3) is 16.6 Å². The Morgan fingerprint density at radius 1 is 1.15 bits per heavy atom. The van der Waals surface area contributed by atoms with Gasteiger partial charge in [-0.25, -0.2) is 9.50 Å². The van der Waals surface area contributed by atoms with Crippen LogP contribution in [0, 0.1) is 0 Å². The number of nitrogens with zero attached hydrogens (tertiary/aromatic N) is 4. The molecule has 62 valence electrons. The SMILES string of the molecule is c1cc2nc3ccnn3cc2cn1. The van der Waals surface area contributed by atoms with Gasteiger partial charge >= 0.3 is 0 Å². The van der Waals surface area contributed by atoms with Crippen LogP contribution in [-0.2, 0) is 0 Å². The number of rotatable bonds is 0. The molecule has 0 amide bonds. The van der Waals surface area contributed by atoms with Crippen LogP contribution in [-0.4, -0.2) is 19.6 Å². The second-order valence-electron chi connectivity index (χ2n) is 2.81. The van der Waals surface area contributed by atoms with E-state index in [4.69, 9.17) is 0 Å². The van der Waals surface area contributed by atoms with Gasteiger partial charge < -0.3 is 0 Å². The molecule has 0 unspecified atom stereocenters. The number of aromatic nitrogens is 4. The smallest absolute Gasteiger partial charge is 0.155 e. The molecule has 4 nitrogen and oxygen atoms in total. The molecule has 0 atom stereocenters. The molecule has 3 heterocycles. The monoisotopic (exact) mass is 170 g/mol. The van der Waals surface area contributed by atoms with E-state index in [1.165, 1.54) is 0 Å². The van der Waals surface area contributed by atoms with Gasteiger partial charge in [0.2, 0.25) is 0 Å². The highest BCUT2D eigenvalue weighted by Gasteiger charge is 1.97. The minimum atomic E-state index is 0.860. The van der Waals surface area contributed by atoms with Gasteiger partial charge in [0.1, 0.15) is 0 Å². The molecular formula is C9H6N4. The molecule has 0 fully saturated rings. The molecule has 3 rings (SSSR count). The largest absolute Gasteiger partial charge is 0.264 e. The molecule has 3 aromatic heterocycles. The first-order valence-electron chi connectivity index (χ1n) is 3.97. The van der Waals surface area contributed by atoms with Gasteiger partial charge in [-0.05, 0) is 6.07 Å². The Morgan fingerprint density at radius 2 is 2.15 bits per heavy atom. The van der Waals surface area contributed by atoms with Crippen molar-refractivity contribution in [3.63, 3.8) is 0 Å². The number of hydrogen-bond acceptors (Lipinski definition) is 3. The third kappa shape index (κ3) is 0.885. The molecule has 0 aromatic carbocycles. The van der Waals surface area contributed by atoms with Crippen molar-refractivity contribution in [2.24, 2.45) is 0 Å². The normalized spacial score (nSPS) is 11.1. The van der Waals surface area contributed by atoms with Crippen LogP contribution < -0.4 is 0 Å². The summed E-state index contributed by atoms with van der Waals surface area (Å²) in [7, 11) is 0. The summed E-state index contributed by atoms with van der Waals surface area (Å²) in [6.45, 7) is 0. The minimum absolute atomic E-state index is 0.860. The van der Waals surface area contributed by atoms with Crippen LogP contribution in [0.15, 0.2) is 36.9 Å². The average Bonchev–Trinajstić information content (AvgIpc) is 2.61. The molecule has 0 spiro atoms. The van der Waals surface area contributed by atoms with Gasteiger partial charge in [-0.2, -0.15) is 5.10 Å². The van der Waals surface area contributed by atoms with Crippen molar-refractivity contribution >= 4 is 16.6 Å². The molecule has 0 saturated carbocycles. The van der Waals surface area contributed by atoms with Crippen LogP contribution in [0.4, 0.5) is 0 Å². The van der Waals surface area contributed by atoms with Gasteiger partial charge in [0.05, 0.1) is 11.7 Å². The predicted octanol–water partition coefficient (Wildman–Crippen LogP) is 1.28. The van der Waals surface area contributed by atoms with E-state index in [0.29, 0.717) is 0 Å². The van der Waals surface area contributed by atoms with Crippen molar-refractivity contribution < 1.29 is 0 Å². The minimum Gasteiger partial charge on any atom is -0.264 e. The quantitative estimate of drug-likeness (QED) is 0.510. The topological polar surface area (TPSA) is 43.1 Å². The predicted molar refractivity (Wildman–Crippen MR) is 48.3 cm³/mol. The van der Waals surface area contributed by atoms with Crippen LogP contribution in [0.1, 0.15) is 0 Å². The highest BCUT2D eigenvalue weighted by atomic mass is 15.2. The second-order valence-corrected chi connectivity index (χ2v) is 2.81. The molecule has 0 radical (unpaired) electrons. The van der Waals surface area contributed by atoms with E-state index in [2.05, 4.69) is 15.1 Å². The van der Waals surface area contributed by atoms with Gasteiger partial charge in [-0.3, -0.25) is 4.98 Å². The Kier molecular flexibility index (Phi) is 1.14. The van der Waals surface area contributed by atoms with Crippen LogP contribution in [0.2, 0.25) is 0 Å². The Balaban J connectivity index is 2.57. The highest BCUT2D eigenvalue weighted by Crippen LogP contribution is 2.10. The fourth-order valence-electron chi connectivity index (χ4n) is 1.35. The summed E-state index contributed by atoms with van der Waals surface area (Å²) in [6.07, 6.45) is 7.17. The van der Waals surface area contributed by atoms with Crippen LogP contribution in [0.5, 0.6) is 0 Å². The van der Waals surface area contributed by atoms with E-state index in [-0.39, 0.29) is 0 Å². The fourth-order valence-corrected chi connectivity index (χ4v) is 1.35. The van der Waals surface area contributed by atoms with Crippen molar-refractivity contribution in [3.05, 3.63) is 36.9 Å². The van der Waals surface area contributed by atoms with E-state index < -0.39 is 0 Å². The number of hydrogen-bond donors (Lipinski definition) is 0. The number of fused-ring (bicyclic) bond motifs is 2. The first-order chi connectivity index (χ1) is 6.43. The standard InChI is InChI=1S/C9H6N4/c1-3-10-5-7-6-13-9(2-4-11-13)12-8(1)7/h1-6H. The summed E-state index contributed by atoms with van der Waals surface area (Å²) in [5.74, 6) is 0. The fraction of sp³-hybridized carbons (Fsp3) is 0. The van der Waals surface area contributed by atoms with Crippen molar-refractivity contribution in [1.82, 2.24) is 19.6 Å². The van der Waals surface area contributed by atoms with Crippen molar-refractivity contribution in [3.8, 4) is 0 Å². The average molecular weight is 170 g/mol. The molecule has 3 aromatic rings. The van der Waals surface area contributed by atoms with E-state index >= 15 is 0 Å². The first-order valence-corrected chi connectivity index (χ1v) is 3.97. The molecule has 4 heteroatoms. The zero-order chi connectivity index (χ0) is 8.67. The Morgan fingerprint density at radius 3 is 3.15 bits per heavy atom. The molecule has 0 aliphatic carbocycles. The molecule has 0 N–H and O–H groups in total. The molecule has 0 bridgehead atoms. The Bertz CT molecular complexity index is 520. The van der Waals surface area contributed by atoms with Gasteiger partial charge in [0.15, 0.2) is 5.65 Å². The molecular weight excluding hydrogens is 164 g/mol. The van der Waals surface area contributed by atoms with Crippen molar-refractivity contribution in [1.29, 1.82) is 0 Å². The van der Waals surface area contributed by atoms with Crippen molar-refractivity contribution in [2.75, 3.05) is 0 Å². The lowest BCUT2D eigenvalue weighted by Crippen LogP contribution is -1.90.